The summed E-state index contributed by atoms with van der Waals surface area (Å²) in [7, 11) is 3.95. The largest absolute Gasteiger partial charge is 0.383 e. The van der Waals surface area contributed by atoms with Crippen LogP contribution >= 0.6 is 0 Å². The Hall–Kier alpha value is -1.26. The maximum atomic E-state index is 5.43. The highest BCUT2D eigenvalue weighted by molar-refractivity contribution is 5.73. The molecule has 0 radical (unpaired) electrons. The highest BCUT2D eigenvalue weighted by Crippen LogP contribution is 2.32. The van der Waals surface area contributed by atoms with E-state index in [1.807, 2.05) is 0 Å². The Balaban J connectivity index is 2.14. The molecule has 1 aliphatic heterocycles. The lowest BCUT2D eigenvalue weighted by Crippen LogP contribution is -2.50. The second kappa shape index (κ2) is 7.50. The summed E-state index contributed by atoms with van der Waals surface area (Å²) < 4.78 is 5.43. The first kappa shape index (κ1) is 15.1. The third kappa shape index (κ3) is 3.44. The fraction of sp³-hybridized carbons (Fsp3) is 0.625. The number of fused-ring (bicyclic) bond motifs is 1. The lowest BCUT2D eigenvalue weighted by atomic mass is 10.1. The summed E-state index contributed by atoms with van der Waals surface area (Å²) in [6.07, 6.45) is 1.17. The monoisotopic (exact) mass is 277 g/mol. The molecule has 0 saturated heterocycles. The normalized spacial score (nSPS) is 16.1. The van der Waals surface area contributed by atoms with Crippen LogP contribution < -0.4 is 15.1 Å². The van der Waals surface area contributed by atoms with E-state index in [1.165, 1.54) is 17.8 Å². The van der Waals surface area contributed by atoms with Gasteiger partial charge in [-0.3, -0.25) is 0 Å². The summed E-state index contributed by atoms with van der Waals surface area (Å²) >= 11 is 0. The highest BCUT2D eigenvalue weighted by atomic mass is 16.5. The van der Waals surface area contributed by atoms with E-state index in [0.717, 1.165) is 32.8 Å². The second-order valence-electron chi connectivity index (χ2n) is 5.42. The Bertz CT molecular complexity index is 410. The number of benzene rings is 1. The Labute approximate surface area is 122 Å². The van der Waals surface area contributed by atoms with Gasteiger partial charge < -0.3 is 19.9 Å². The lowest BCUT2D eigenvalue weighted by Gasteiger charge is -2.41. The average Bonchev–Trinajstić information content (AvgIpc) is 2.48. The molecule has 0 aromatic heterocycles. The van der Waals surface area contributed by atoms with E-state index < -0.39 is 0 Å². The number of para-hydroxylation sites is 2. The zero-order valence-corrected chi connectivity index (χ0v) is 12.9. The van der Waals surface area contributed by atoms with Crippen molar-refractivity contribution in [3.8, 4) is 0 Å². The molecule has 4 nitrogen and oxygen atoms in total. The van der Waals surface area contributed by atoms with Gasteiger partial charge in [-0.2, -0.15) is 0 Å². The molecular weight excluding hydrogens is 250 g/mol. The SMILES string of the molecule is CCCNCC(COC)N1CCN(C)c2ccccc21. The topological polar surface area (TPSA) is 27.7 Å². The van der Waals surface area contributed by atoms with Crippen LogP contribution in [-0.2, 0) is 4.74 Å². The summed E-state index contributed by atoms with van der Waals surface area (Å²) in [6.45, 7) is 7.11. The predicted molar refractivity (Wildman–Crippen MR) is 85.9 cm³/mol. The van der Waals surface area contributed by atoms with Crippen LogP contribution in [0.4, 0.5) is 11.4 Å². The Kier molecular flexibility index (Phi) is 5.68. The van der Waals surface area contributed by atoms with E-state index in [-0.39, 0.29) is 0 Å². The lowest BCUT2D eigenvalue weighted by molar-refractivity contribution is 0.175. The van der Waals surface area contributed by atoms with Crippen LogP contribution in [0, 0.1) is 0 Å². The number of methoxy groups -OCH3 is 1. The van der Waals surface area contributed by atoms with Crippen LogP contribution in [-0.4, -0.2) is 53.0 Å². The van der Waals surface area contributed by atoms with Gasteiger partial charge in [0.1, 0.15) is 0 Å². The number of ether oxygens (including phenoxy) is 1. The maximum absolute atomic E-state index is 5.43. The zero-order chi connectivity index (χ0) is 14.4. The van der Waals surface area contributed by atoms with Gasteiger partial charge >= 0.3 is 0 Å². The third-order valence-corrected chi connectivity index (χ3v) is 3.89. The minimum atomic E-state index is 0.390. The van der Waals surface area contributed by atoms with Gasteiger partial charge in [-0.1, -0.05) is 19.1 Å². The predicted octanol–water partition coefficient (Wildman–Crippen LogP) is 1.96. The number of rotatable bonds is 7. The molecule has 1 aliphatic rings. The van der Waals surface area contributed by atoms with E-state index in [9.17, 15) is 0 Å². The van der Waals surface area contributed by atoms with Crippen molar-refractivity contribution >= 4 is 11.4 Å². The third-order valence-electron chi connectivity index (χ3n) is 3.89. The van der Waals surface area contributed by atoms with Gasteiger partial charge in [-0.15, -0.1) is 0 Å². The fourth-order valence-corrected chi connectivity index (χ4v) is 2.80. The van der Waals surface area contributed by atoms with Crippen molar-refractivity contribution in [2.45, 2.75) is 19.4 Å². The number of hydrogen-bond acceptors (Lipinski definition) is 4. The van der Waals surface area contributed by atoms with Gasteiger partial charge in [0.25, 0.3) is 0 Å². The van der Waals surface area contributed by atoms with Crippen molar-refractivity contribution in [2.24, 2.45) is 0 Å². The number of nitrogens with one attached hydrogen (secondary N) is 1. The molecular formula is C16H27N3O. The van der Waals surface area contributed by atoms with Gasteiger partial charge in [-0.05, 0) is 25.1 Å². The smallest absolute Gasteiger partial charge is 0.0678 e. The summed E-state index contributed by atoms with van der Waals surface area (Å²) in [5, 5.41) is 3.52. The summed E-state index contributed by atoms with van der Waals surface area (Å²) in [6, 6.07) is 9.04. The van der Waals surface area contributed by atoms with Gasteiger partial charge in [0.05, 0.1) is 24.0 Å². The quantitative estimate of drug-likeness (QED) is 0.771. The second-order valence-corrected chi connectivity index (χ2v) is 5.42. The van der Waals surface area contributed by atoms with Crippen molar-refractivity contribution in [3.63, 3.8) is 0 Å². The van der Waals surface area contributed by atoms with Gasteiger partial charge in [0.15, 0.2) is 0 Å². The molecule has 4 heteroatoms. The number of anilines is 2. The molecule has 0 saturated carbocycles. The highest BCUT2D eigenvalue weighted by Gasteiger charge is 2.25. The van der Waals surface area contributed by atoms with Crippen LogP contribution in [0.1, 0.15) is 13.3 Å². The number of nitrogens with zero attached hydrogens (tertiary/aromatic N) is 2. The average molecular weight is 277 g/mol. The first-order chi connectivity index (χ1) is 9.77. The molecule has 1 unspecified atom stereocenters. The molecule has 0 fully saturated rings. The Morgan fingerprint density at radius 3 is 2.70 bits per heavy atom. The van der Waals surface area contributed by atoms with Crippen molar-refractivity contribution in [2.75, 3.05) is 56.7 Å². The van der Waals surface area contributed by atoms with Crippen LogP contribution in [0.15, 0.2) is 24.3 Å². The van der Waals surface area contributed by atoms with Gasteiger partial charge in [-0.25, -0.2) is 0 Å². The standard InChI is InChI=1S/C16H27N3O/c1-4-9-17-12-14(13-20-3)19-11-10-18(2)15-7-5-6-8-16(15)19/h5-8,14,17H,4,9-13H2,1-3H3. The molecule has 1 heterocycles. The molecule has 0 bridgehead atoms. The Morgan fingerprint density at radius 1 is 1.25 bits per heavy atom. The fourth-order valence-electron chi connectivity index (χ4n) is 2.80. The van der Waals surface area contributed by atoms with E-state index >= 15 is 0 Å². The molecule has 1 aromatic carbocycles. The van der Waals surface area contributed by atoms with Crippen molar-refractivity contribution < 1.29 is 4.74 Å². The van der Waals surface area contributed by atoms with Gasteiger partial charge in [0, 0.05) is 33.8 Å². The molecule has 112 valence electrons. The minimum Gasteiger partial charge on any atom is -0.383 e. The van der Waals surface area contributed by atoms with E-state index in [2.05, 4.69) is 53.4 Å². The molecule has 1 N–H and O–H groups in total. The summed E-state index contributed by atoms with van der Waals surface area (Å²) in [4.78, 5) is 4.82. The number of hydrogen-bond donors (Lipinski definition) is 1. The molecule has 0 spiro atoms. The Morgan fingerprint density at radius 2 is 2.00 bits per heavy atom. The van der Waals surface area contributed by atoms with Crippen LogP contribution in [0.3, 0.4) is 0 Å². The molecule has 0 amide bonds. The zero-order valence-electron chi connectivity index (χ0n) is 12.9. The van der Waals surface area contributed by atoms with Crippen LogP contribution in [0.25, 0.3) is 0 Å². The molecule has 2 rings (SSSR count). The number of likely N-dealkylation sites (N-methyl/N-ethyl adjacent to an activating group) is 1. The summed E-state index contributed by atoms with van der Waals surface area (Å²) in [5.41, 5.74) is 2.64. The van der Waals surface area contributed by atoms with E-state index in [0.29, 0.717) is 6.04 Å². The first-order valence-electron chi connectivity index (χ1n) is 7.54. The van der Waals surface area contributed by atoms with Crippen LogP contribution in [0.5, 0.6) is 0 Å². The molecule has 1 atom stereocenters. The van der Waals surface area contributed by atoms with Crippen molar-refractivity contribution in [1.29, 1.82) is 0 Å². The van der Waals surface area contributed by atoms with Gasteiger partial charge in [0.2, 0.25) is 0 Å². The molecule has 1 aromatic rings. The molecule has 20 heavy (non-hydrogen) atoms. The van der Waals surface area contributed by atoms with E-state index in [1.54, 1.807) is 7.11 Å². The summed E-state index contributed by atoms with van der Waals surface area (Å²) in [5.74, 6) is 0. The first-order valence-corrected chi connectivity index (χ1v) is 7.54. The van der Waals surface area contributed by atoms with Crippen molar-refractivity contribution in [1.82, 2.24) is 5.32 Å². The maximum Gasteiger partial charge on any atom is 0.0678 e. The minimum absolute atomic E-state index is 0.390. The van der Waals surface area contributed by atoms with Crippen molar-refractivity contribution in [3.05, 3.63) is 24.3 Å². The van der Waals surface area contributed by atoms with E-state index in [4.69, 9.17) is 4.74 Å². The van der Waals surface area contributed by atoms with Crippen LogP contribution in [0.2, 0.25) is 0 Å². The molecule has 0 aliphatic carbocycles.